The summed E-state index contributed by atoms with van der Waals surface area (Å²) < 4.78 is 0. The smallest absolute Gasteiger partial charge is 0.114 e. The van der Waals surface area contributed by atoms with Gasteiger partial charge >= 0.3 is 0 Å². The summed E-state index contributed by atoms with van der Waals surface area (Å²) in [5.41, 5.74) is 2.63. The zero-order valence-corrected chi connectivity index (χ0v) is 6.95. The van der Waals surface area contributed by atoms with Crippen LogP contribution < -0.4 is 11.3 Å². The van der Waals surface area contributed by atoms with E-state index in [0.29, 0.717) is 5.92 Å². The molecule has 0 saturated carbocycles. The molecule has 1 unspecified atom stereocenters. The maximum atomic E-state index is 5.27. The first-order chi connectivity index (χ1) is 4.88. The van der Waals surface area contributed by atoms with Crippen molar-refractivity contribution in [1.82, 2.24) is 5.43 Å². The minimum atomic E-state index is 0.569. The van der Waals surface area contributed by atoms with Gasteiger partial charge in [0.2, 0.25) is 0 Å². The number of rotatable bonds is 1. The van der Waals surface area contributed by atoms with Gasteiger partial charge in [0.05, 0.1) is 0 Å². The van der Waals surface area contributed by atoms with Crippen molar-refractivity contribution in [2.24, 2.45) is 16.8 Å². The summed E-state index contributed by atoms with van der Waals surface area (Å²) in [4.78, 5) is 4.06. The second kappa shape index (κ2) is 3.83. The van der Waals surface area contributed by atoms with Gasteiger partial charge in [-0.1, -0.05) is 0 Å². The molecule has 0 spiro atoms. The summed E-state index contributed by atoms with van der Waals surface area (Å²) in [6, 6.07) is 0. The van der Waals surface area contributed by atoms with Crippen LogP contribution in [0.25, 0.3) is 0 Å². The van der Waals surface area contributed by atoms with Crippen LogP contribution in [0.5, 0.6) is 0 Å². The molecule has 3 nitrogen and oxygen atoms in total. The summed E-state index contributed by atoms with van der Waals surface area (Å²) in [5, 5.41) is 0. The fourth-order valence-electron chi connectivity index (χ4n) is 1.12. The summed E-state index contributed by atoms with van der Waals surface area (Å²) in [6.07, 6.45) is 1.21. The molecule has 0 bridgehead atoms. The van der Waals surface area contributed by atoms with Crippen molar-refractivity contribution in [1.29, 1.82) is 0 Å². The molecule has 1 heterocycles. The highest BCUT2D eigenvalue weighted by atomic mass is 32.2. The quantitative estimate of drug-likeness (QED) is 0.249. The van der Waals surface area contributed by atoms with Crippen molar-refractivity contribution in [3.63, 3.8) is 0 Å². The Bertz CT molecular complexity index is 129. The minimum absolute atomic E-state index is 0.569. The van der Waals surface area contributed by atoms with Crippen molar-refractivity contribution >= 4 is 17.6 Å². The fourth-order valence-corrected chi connectivity index (χ4v) is 2.34. The lowest BCUT2D eigenvalue weighted by molar-refractivity contribution is 0.746. The van der Waals surface area contributed by atoms with Crippen LogP contribution in [0.15, 0.2) is 4.99 Å². The number of thioether (sulfide) groups is 1. The number of hydrazine groups is 1. The van der Waals surface area contributed by atoms with Gasteiger partial charge in [0.25, 0.3) is 0 Å². The monoisotopic (exact) mass is 159 g/mol. The van der Waals surface area contributed by atoms with Gasteiger partial charge < -0.3 is 5.43 Å². The second-order valence-corrected chi connectivity index (χ2v) is 3.46. The molecule has 0 radical (unpaired) electrons. The predicted octanol–water partition coefficient (Wildman–Crippen LogP) is 0.231. The number of nitrogens with zero attached hydrogens (tertiary/aromatic N) is 1. The van der Waals surface area contributed by atoms with Gasteiger partial charge in [-0.2, -0.15) is 11.8 Å². The van der Waals surface area contributed by atoms with Gasteiger partial charge in [0.1, 0.15) is 5.84 Å². The lowest BCUT2D eigenvalue weighted by atomic mass is 10.1. The molecule has 1 fully saturated rings. The molecule has 1 rings (SSSR count). The third kappa shape index (κ3) is 1.64. The summed E-state index contributed by atoms with van der Waals surface area (Å²) >= 11 is 1.96. The second-order valence-electron chi connectivity index (χ2n) is 2.31. The third-order valence-corrected chi connectivity index (χ3v) is 2.87. The third-order valence-electron chi connectivity index (χ3n) is 1.71. The minimum Gasteiger partial charge on any atom is -0.312 e. The van der Waals surface area contributed by atoms with Crippen LogP contribution in [-0.2, 0) is 0 Å². The molecule has 1 aliphatic heterocycles. The van der Waals surface area contributed by atoms with E-state index in [1.165, 1.54) is 12.2 Å². The molecule has 10 heavy (non-hydrogen) atoms. The highest BCUT2D eigenvalue weighted by Gasteiger charge is 2.19. The highest BCUT2D eigenvalue weighted by molar-refractivity contribution is 7.99. The Morgan fingerprint density at radius 1 is 1.80 bits per heavy atom. The molecule has 4 heteroatoms. The molecule has 0 aliphatic carbocycles. The van der Waals surface area contributed by atoms with Crippen molar-refractivity contribution in [3.05, 3.63) is 0 Å². The number of aliphatic imine (C=N–C) groups is 1. The van der Waals surface area contributed by atoms with E-state index in [2.05, 4.69) is 10.4 Å². The first-order valence-electron chi connectivity index (χ1n) is 3.39. The molecule has 1 aliphatic rings. The zero-order chi connectivity index (χ0) is 7.40. The average molecular weight is 159 g/mol. The van der Waals surface area contributed by atoms with Crippen LogP contribution in [0.2, 0.25) is 0 Å². The molecular weight excluding hydrogens is 146 g/mol. The predicted molar refractivity (Wildman–Crippen MR) is 46.1 cm³/mol. The van der Waals surface area contributed by atoms with Gasteiger partial charge in [-0.25, -0.2) is 5.84 Å². The number of nitrogens with two attached hydrogens (primary N) is 1. The lowest BCUT2D eigenvalue weighted by Gasteiger charge is -2.09. The summed E-state index contributed by atoms with van der Waals surface area (Å²) in [5.74, 6) is 9.20. The average Bonchev–Trinajstić information content (AvgIpc) is 2.43. The van der Waals surface area contributed by atoms with Gasteiger partial charge in [-0.15, -0.1) is 0 Å². The Morgan fingerprint density at radius 2 is 2.60 bits per heavy atom. The van der Waals surface area contributed by atoms with Crippen molar-refractivity contribution in [2.45, 2.75) is 6.42 Å². The molecule has 0 aromatic carbocycles. The first-order valence-corrected chi connectivity index (χ1v) is 4.55. The van der Waals surface area contributed by atoms with E-state index in [-0.39, 0.29) is 0 Å². The highest BCUT2D eigenvalue weighted by Crippen LogP contribution is 2.23. The maximum absolute atomic E-state index is 5.27. The molecule has 3 N–H and O–H groups in total. The lowest BCUT2D eigenvalue weighted by Crippen LogP contribution is -2.36. The topological polar surface area (TPSA) is 50.4 Å². The van der Waals surface area contributed by atoms with E-state index in [9.17, 15) is 0 Å². The van der Waals surface area contributed by atoms with E-state index in [1.807, 2.05) is 11.8 Å². The molecule has 1 saturated heterocycles. The normalized spacial score (nSPS) is 27.0. The number of hydrogen-bond donors (Lipinski definition) is 2. The van der Waals surface area contributed by atoms with Gasteiger partial charge in [-0.3, -0.25) is 4.99 Å². The Hall–Kier alpha value is -0.220. The SMILES string of the molecule is CN=C(NN)C1CCSC1. The van der Waals surface area contributed by atoms with Crippen LogP contribution >= 0.6 is 11.8 Å². The maximum Gasteiger partial charge on any atom is 0.114 e. The Balaban J connectivity index is 2.45. The van der Waals surface area contributed by atoms with Crippen LogP contribution in [0.3, 0.4) is 0 Å². The molecule has 1 atom stereocenters. The van der Waals surface area contributed by atoms with E-state index >= 15 is 0 Å². The zero-order valence-electron chi connectivity index (χ0n) is 6.13. The van der Waals surface area contributed by atoms with Crippen molar-refractivity contribution < 1.29 is 0 Å². The van der Waals surface area contributed by atoms with E-state index in [4.69, 9.17) is 5.84 Å². The van der Waals surface area contributed by atoms with Crippen LogP contribution in [0, 0.1) is 5.92 Å². The molecule has 0 aromatic rings. The van der Waals surface area contributed by atoms with Gasteiger partial charge in [0, 0.05) is 18.7 Å². The number of nitrogens with one attached hydrogen (secondary N) is 1. The van der Waals surface area contributed by atoms with E-state index in [1.54, 1.807) is 7.05 Å². The standard InChI is InChI=1S/C6H13N3S/c1-8-6(9-7)5-2-3-10-4-5/h5H,2-4,7H2,1H3,(H,8,9). The summed E-state index contributed by atoms with van der Waals surface area (Å²) in [7, 11) is 1.78. The fraction of sp³-hybridized carbons (Fsp3) is 0.833. The van der Waals surface area contributed by atoms with E-state index in [0.717, 1.165) is 11.6 Å². The van der Waals surface area contributed by atoms with Gasteiger partial charge in [0.15, 0.2) is 0 Å². The van der Waals surface area contributed by atoms with Crippen LogP contribution in [0.1, 0.15) is 6.42 Å². The Labute approximate surface area is 65.4 Å². The number of hydrogen-bond acceptors (Lipinski definition) is 3. The van der Waals surface area contributed by atoms with Crippen LogP contribution in [-0.4, -0.2) is 24.4 Å². The largest absolute Gasteiger partial charge is 0.312 e. The molecule has 58 valence electrons. The first kappa shape index (κ1) is 7.88. The van der Waals surface area contributed by atoms with Crippen LogP contribution in [0.4, 0.5) is 0 Å². The Kier molecular flexibility index (Phi) is 3.02. The molecular formula is C6H13N3S. The van der Waals surface area contributed by atoms with Crippen molar-refractivity contribution in [3.8, 4) is 0 Å². The van der Waals surface area contributed by atoms with Gasteiger partial charge in [-0.05, 0) is 12.2 Å². The Morgan fingerprint density at radius 3 is 3.00 bits per heavy atom. The summed E-state index contributed by atoms with van der Waals surface area (Å²) in [6.45, 7) is 0. The number of amidine groups is 1. The molecule has 0 aromatic heterocycles. The van der Waals surface area contributed by atoms with E-state index < -0.39 is 0 Å². The van der Waals surface area contributed by atoms with Crippen molar-refractivity contribution in [2.75, 3.05) is 18.6 Å². The molecule has 0 amide bonds.